The number of aromatic nitrogens is 2. The van der Waals surface area contributed by atoms with Gasteiger partial charge in [-0.3, -0.25) is 24.0 Å². The Hall–Kier alpha value is -3.94. The topological polar surface area (TPSA) is 87.5 Å². The van der Waals surface area contributed by atoms with Crippen LogP contribution in [0.3, 0.4) is 0 Å². The third-order valence-corrected chi connectivity index (χ3v) is 6.17. The van der Waals surface area contributed by atoms with Gasteiger partial charge in [0.2, 0.25) is 5.91 Å². The number of carbonyl (C=O) groups is 3. The number of benzene rings is 2. The molecule has 0 fully saturated rings. The quantitative estimate of drug-likeness (QED) is 0.564. The molecule has 0 spiro atoms. The van der Waals surface area contributed by atoms with Gasteiger partial charge in [0, 0.05) is 37.3 Å². The number of rotatable bonds is 7. The highest BCUT2D eigenvalue weighted by molar-refractivity contribution is 6.16. The zero-order chi connectivity index (χ0) is 22.9. The van der Waals surface area contributed by atoms with Crippen LogP contribution in [-0.4, -0.2) is 38.9 Å². The number of nitrogens with one attached hydrogen (secondary N) is 1. The molecule has 33 heavy (non-hydrogen) atoms. The maximum atomic E-state index is 13.4. The van der Waals surface area contributed by atoms with Gasteiger partial charge in [0.15, 0.2) is 0 Å². The first kappa shape index (κ1) is 20.9. The van der Waals surface area contributed by atoms with Crippen LogP contribution in [0.4, 0.5) is 11.4 Å². The summed E-state index contributed by atoms with van der Waals surface area (Å²) < 4.78 is 1.64. The number of para-hydroxylation sites is 1. The highest BCUT2D eigenvalue weighted by Gasteiger charge is 2.47. The normalized spacial score (nSPS) is 16.5. The predicted octanol–water partition coefficient (Wildman–Crippen LogP) is 3.73. The molecule has 3 heterocycles. The Bertz CT molecular complexity index is 1230. The Morgan fingerprint density at radius 1 is 0.970 bits per heavy atom. The van der Waals surface area contributed by atoms with Crippen LogP contribution >= 0.6 is 0 Å². The lowest BCUT2D eigenvalue weighted by Crippen LogP contribution is -2.48. The third-order valence-electron chi connectivity index (χ3n) is 6.17. The number of amides is 3. The number of nitrogens with zero attached hydrogens (tertiary/aromatic N) is 4. The summed E-state index contributed by atoms with van der Waals surface area (Å²) in [4.78, 5) is 42.2. The largest absolute Gasteiger partial charge is 0.323 e. The Labute approximate surface area is 191 Å². The van der Waals surface area contributed by atoms with E-state index in [9.17, 15) is 14.4 Å². The van der Waals surface area contributed by atoms with E-state index >= 15 is 0 Å². The van der Waals surface area contributed by atoms with Gasteiger partial charge in [0.1, 0.15) is 6.17 Å². The van der Waals surface area contributed by atoms with Crippen molar-refractivity contribution in [3.8, 4) is 0 Å². The minimum atomic E-state index is -0.426. The molecule has 3 amide bonds. The van der Waals surface area contributed by atoms with E-state index in [4.69, 9.17) is 0 Å². The highest BCUT2D eigenvalue weighted by Crippen LogP contribution is 2.45. The molecular weight excluding hydrogens is 418 g/mol. The van der Waals surface area contributed by atoms with Crippen LogP contribution in [0.15, 0.2) is 60.9 Å². The van der Waals surface area contributed by atoms with Crippen LogP contribution in [0, 0.1) is 0 Å². The van der Waals surface area contributed by atoms with E-state index < -0.39 is 6.17 Å². The Kier molecular flexibility index (Phi) is 5.42. The fourth-order valence-corrected chi connectivity index (χ4v) is 4.65. The second-order valence-corrected chi connectivity index (χ2v) is 8.41. The summed E-state index contributed by atoms with van der Waals surface area (Å²) in [6, 6.07) is 14.8. The fraction of sp³-hybridized carbons (Fsp3) is 0.280. The maximum absolute atomic E-state index is 13.4. The number of hydrogen-bond acceptors (Lipinski definition) is 4. The molecule has 2 aliphatic rings. The molecule has 168 valence electrons. The van der Waals surface area contributed by atoms with Gasteiger partial charge in [-0.1, -0.05) is 36.8 Å². The lowest BCUT2D eigenvalue weighted by molar-refractivity contribution is -0.116. The average Bonchev–Trinajstić information content (AvgIpc) is 3.36. The van der Waals surface area contributed by atoms with Crippen molar-refractivity contribution in [2.45, 2.75) is 31.8 Å². The number of unbranched alkanes of at least 4 members (excludes halogenated alkanes) is 2. The monoisotopic (exact) mass is 443 g/mol. The van der Waals surface area contributed by atoms with Gasteiger partial charge in [-0.15, -0.1) is 0 Å². The van der Waals surface area contributed by atoms with E-state index in [0.29, 0.717) is 41.9 Å². The van der Waals surface area contributed by atoms with Crippen molar-refractivity contribution in [3.05, 3.63) is 77.6 Å². The van der Waals surface area contributed by atoms with Crippen molar-refractivity contribution in [1.82, 2.24) is 14.7 Å². The summed E-state index contributed by atoms with van der Waals surface area (Å²) in [6.45, 7) is 0.514. The molecule has 0 saturated heterocycles. The summed E-state index contributed by atoms with van der Waals surface area (Å²) in [5.41, 5.74) is 3.40. The average molecular weight is 444 g/mol. The molecule has 8 nitrogen and oxygen atoms in total. The summed E-state index contributed by atoms with van der Waals surface area (Å²) in [6.07, 6.45) is 5.61. The molecular formula is C25H25N5O3. The fourth-order valence-electron chi connectivity index (χ4n) is 4.65. The maximum Gasteiger partial charge on any atom is 0.260 e. The smallest absolute Gasteiger partial charge is 0.260 e. The van der Waals surface area contributed by atoms with Crippen LogP contribution in [0.25, 0.3) is 0 Å². The minimum absolute atomic E-state index is 0.0486. The van der Waals surface area contributed by atoms with E-state index in [-0.39, 0.29) is 17.7 Å². The van der Waals surface area contributed by atoms with Crippen molar-refractivity contribution in [2.75, 3.05) is 16.8 Å². The van der Waals surface area contributed by atoms with Gasteiger partial charge in [0.05, 0.1) is 23.1 Å². The van der Waals surface area contributed by atoms with Gasteiger partial charge < -0.3 is 10.2 Å². The van der Waals surface area contributed by atoms with E-state index in [1.54, 1.807) is 40.0 Å². The van der Waals surface area contributed by atoms with Crippen LogP contribution in [0.5, 0.6) is 0 Å². The van der Waals surface area contributed by atoms with E-state index in [2.05, 4.69) is 10.4 Å². The number of hydrogen-bond donors (Lipinski definition) is 1. The molecule has 2 aromatic carbocycles. The highest BCUT2D eigenvalue weighted by atomic mass is 16.2. The van der Waals surface area contributed by atoms with Crippen molar-refractivity contribution in [3.63, 3.8) is 0 Å². The van der Waals surface area contributed by atoms with Crippen LogP contribution in [0.1, 0.15) is 58.1 Å². The van der Waals surface area contributed by atoms with E-state index in [1.165, 1.54) is 0 Å². The van der Waals surface area contributed by atoms with Crippen LogP contribution < -0.4 is 10.2 Å². The first-order chi connectivity index (χ1) is 16.0. The van der Waals surface area contributed by atoms with Crippen molar-refractivity contribution >= 4 is 29.1 Å². The molecule has 0 bridgehead atoms. The summed E-state index contributed by atoms with van der Waals surface area (Å²) in [5, 5.41) is 6.87. The van der Waals surface area contributed by atoms with Crippen LogP contribution in [0.2, 0.25) is 0 Å². The lowest BCUT2D eigenvalue weighted by atomic mass is 10.0. The van der Waals surface area contributed by atoms with Crippen molar-refractivity contribution in [1.29, 1.82) is 0 Å². The molecule has 0 aliphatic carbocycles. The van der Waals surface area contributed by atoms with Gasteiger partial charge in [-0.05, 0) is 31.0 Å². The zero-order valence-corrected chi connectivity index (χ0v) is 18.4. The number of aryl methyl sites for hydroxylation is 1. The molecule has 0 saturated carbocycles. The number of carbonyl (C=O) groups excluding carboxylic acids is 3. The van der Waals surface area contributed by atoms with Crippen molar-refractivity contribution in [2.24, 2.45) is 7.05 Å². The second-order valence-electron chi connectivity index (χ2n) is 8.41. The Morgan fingerprint density at radius 2 is 1.73 bits per heavy atom. The number of anilines is 2. The summed E-state index contributed by atoms with van der Waals surface area (Å²) >= 11 is 0. The molecule has 8 heteroatoms. The summed E-state index contributed by atoms with van der Waals surface area (Å²) in [5.74, 6) is -0.189. The van der Waals surface area contributed by atoms with Gasteiger partial charge in [-0.2, -0.15) is 5.10 Å². The first-order valence-electron chi connectivity index (χ1n) is 11.2. The summed E-state index contributed by atoms with van der Waals surface area (Å²) in [7, 11) is 1.80. The van der Waals surface area contributed by atoms with Crippen molar-refractivity contribution < 1.29 is 14.4 Å². The van der Waals surface area contributed by atoms with Gasteiger partial charge in [0.25, 0.3) is 11.8 Å². The van der Waals surface area contributed by atoms with Crippen LogP contribution in [-0.2, 0) is 11.8 Å². The second kappa shape index (κ2) is 8.54. The molecule has 1 unspecified atom stereocenters. The predicted molar refractivity (Wildman–Crippen MR) is 124 cm³/mol. The lowest BCUT2D eigenvalue weighted by Gasteiger charge is -2.41. The standard InChI is InChI=1S/C25H25N5O3/c1-28-16-17(15-26-28)27-22(31)13-3-2-8-14-29-23-18-9-4-5-10-19(18)25(33)30(23)21-12-7-6-11-20(21)24(29)32/h4-7,9-12,15-16,23H,2-3,8,13-14H2,1H3,(H,27,31). The molecule has 0 radical (unpaired) electrons. The zero-order valence-electron chi connectivity index (χ0n) is 18.4. The van der Waals surface area contributed by atoms with E-state index in [1.807, 2.05) is 42.5 Å². The Morgan fingerprint density at radius 3 is 2.52 bits per heavy atom. The Balaban J connectivity index is 1.25. The molecule has 2 aliphatic heterocycles. The third kappa shape index (κ3) is 3.77. The van der Waals surface area contributed by atoms with Gasteiger partial charge >= 0.3 is 0 Å². The first-order valence-corrected chi connectivity index (χ1v) is 11.2. The van der Waals surface area contributed by atoms with E-state index in [0.717, 1.165) is 18.4 Å². The molecule has 1 aromatic heterocycles. The minimum Gasteiger partial charge on any atom is -0.323 e. The molecule has 1 N–H and O–H groups in total. The number of fused-ring (bicyclic) bond motifs is 5. The SMILES string of the molecule is Cn1cc(NC(=O)CCCCCN2C(=O)c3ccccc3N3C(=O)c4ccccc4C23)cn1. The molecule has 3 aromatic rings. The van der Waals surface area contributed by atoms with Gasteiger partial charge in [-0.25, -0.2) is 0 Å². The molecule has 1 atom stereocenters. The molecule has 5 rings (SSSR count).